The number of piperazine rings is 1. The SMILES string of the molecule is Cc1cc2c(cc(C(=O)N3CCN(Cc4ccc5c(c4)OCO5)CC3)n2Cc2cccc(F)c2)o1. The number of ether oxygens (including phenoxy) is 2. The number of hydrogen-bond donors (Lipinski definition) is 0. The summed E-state index contributed by atoms with van der Waals surface area (Å²) in [6, 6.07) is 16.2. The van der Waals surface area contributed by atoms with E-state index >= 15 is 0 Å². The number of rotatable bonds is 5. The second-order valence-electron chi connectivity index (χ2n) is 9.11. The highest BCUT2D eigenvalue weighted by molar-refractivity contribution is 5.97. The number of halogens is 1. The molecule has 4 heterocycles. The summed E-state index contributed by atoms with van der Waals surface area (Å²) in [6.45, 7) is 6.16. The quantitative estimate of drug-likeness (QED) is 0.428. The second kappa shape index (κ2) is 8.78. The van der Waals surface area contributed by atoms with Gasteiger partial charge < -0.3 is 23.4 Å². The molecule has 2 aliphatic heterocycles. The third-order valence-electron chi connectivity index (χ3n) is 6.66. The number of aromatic nitrogens is 1. The minimum absolute atomic E-state index is 0.0341. The molecule has 8 heteroatoms. The monoisotopic (exact) mass is 475 g/mol. The van der Waals surface area contributed by atoms with Crippen LogP contribution in [-0.2, 0) is 13.1 Å². The van der Waals surface area contributed by atoms with Crippen LogP contribution in [0.1, 0.15) is 27.4 Å². The predicted octanol–water partition coefficient (Wildman–Crippen LogP) is 4.42. The van der Waals surface area contributed by atoms with Gasteiger partial charge in [0, 0.05) is 51.4 Å². The van der Waals surface area contributed by atoms with Gasteiger partial charge in [-0.25, -0.2) is 4.39 Å². The summed E-state index contributed by atoms with van der Waals surface area (Å²) < 4.78 is 32.4. The van der Waals surface area contributed by atoms with Gasteiger partial charge in [0.1, 0.15) is 17.3 Å². The molecule has 1 saturated heterocycles. The molecular weight excluding hydrogens is 449 g/mol. The van der Waals surface area contributed by atoms with Crippen molar-refractivity contribution in [1.29, 1.82) is 0 Å². The van der Waals surface area contributed by atoms with Crippen LogP contribution >= 0.6 is 0 Å². The molecule has 1 amide bonds. The van der Waals surface area contributed by atoms with Crippen molar-refractivity contribution in [3.05, 3.63) is 83.0 Å². The van der Waals surface area contributed by atoms with Crippen molar-refractivity contribution >= 4 is 17.0 Å². The van der Waals surface area contributed by atoms with E-state index in [1.165, 1.54) is 12.1 Å². The molecule has 2 aromatic heterocycles. The van der Waals surface area contributed by atoms with E-state index in [9.17, 15) is 9.18 Å². The van der Waals surface area contributed by atoms with Crippen LogP contribution in [0.25, 0.3) is 11.1 Å². The molecule has 35 heavy (non-hydrogen) atoms. The Labute approximate surface area is 202 Å². The van der Waals surface area contributed by atoms with E-state index in [0.29, 0.717) is 30.9 Å². The highest BCUT2D eigenvalue weighted by atomic mass is 19.1. The highest BCUT2D eigenvalue weighted by Gasteiger charge is 2.27. The predicted molar refractivity (Wildman–Crippen MR) is 128 cm³/mol. The number of benzene rings is 2. The molecule has 7 nitrogen and oxygen atoms in total. The third kappa shape index (κ3) is 4.25. The van der Waals surface area contributed by atoms with Crippen LogP contribution in [0, 0.1) is 12.7 Å². The maximum atomic E-state index is 13.8. The number of nitrogens with zero attached hydrogens (tertiary/aromatic N) is 3. The van der Waals surface area contributed by atoms with Crippen molar-refractivity contribution in [2.24, 2.45) is 0 Å². The Morgan fingerprint density at radius 2 is 1.71 bits per heavy atom. The molecule has 0 spiro atoms. The first-order valence-corrected chi connectivity index (χ1v) is 11.8. The normalized spacial score (nSPS) is 15.8. The van der Waals surface area contributed by atoms with Gasteiger partial charge in [-0.2, -0.15) is 0 Å². The van der Waals surface area contributed by atoms with E-state index in [1.807, 2.05) is 46.7 Å². The lowest BCUT2D eigenvalue weighted by molar-refractivity contribution is 0.0619. The summed E-state index contributed by atoms with van der Waals surface area (Å²) in [5, 5.41) is 0. The first kappa shape index (κ1) is 21.7. The fourth-order valence-corrected chi connectivity index (χ4v) is 4.90. The number of furan rings is 1. The standard InChI is InChI=1S/C27H26FN3O4/c1-18-11-22-25(35-18)14-23(31(22)16-19-3-2-4-21(28)12-19)27(32)30-9-7-29(8-10-30)15-20-5-6-24-26(13-20)34-17-33-24/h2-6,11-14H,7-10,15-17H2,1H3. The molecule has 0 radical (unpaired) electrons. The number of aryl methyl sites for hydroxylation is 1. The summed E-state index contributed by atoms with van der Waals surface area (Å²) in [5.41, 5.74) is 4.03. The zero-order chi connectivity index (χ0) is 23.9. The first-order chi connectivity index (χ1) is 17.0. The van der Waals surface area contributed by atoms with E-state index in [0.717, 1.165) is 53.5 Å². The Balaban J connectivity index is 1.17. The molecule has 180 valence electrons. The van der Waals surface area contributed by atoms with Crippen molar-refractivity contribution in [1.82, 2.24) is 14.4 Å². The zero-order valence-corrected chi connectivity index (χ0v) is 19.5. The largest absolute Gasteiger partial charge is 0.460 e. The van der Waals surface area contributed by atoms with Crippen molar-refractivity contribution in [2.45, 2.75) is 20.0 Å². The lowest BCUT2D eigenvalue weighted by Gasteiger charge is -2.35. The van der Waals surface area contributed by atoms with Crippen molar-refractivity contribution in [2.75, 3.05) is 33.0 Å². The molecule has 2 aliphatic rings. The number of carbonyl (C=O) groups is 1. The van der Waals surface area contributed by atoms with E-state index in [2.05, 4.69) is 11.0 Å². The van der Waals surface area contributed by atoms with E-state index in [-0.39, 0.29) is 18.5 Å². The van der Waals surface area contributed by atoms with Crippen LogP contribution in [0.4, 0.5) is 4.39 Å². The molecule has 1 fully saturated rings. The summed E-state index contributed by atoms with van der Waals surface area (Å²) in [7, 11) is 0. The van der Waals surface area contributed by atoms with Crippen LogP contribution in [0.5, 0.6) is 11.5 Å². The highest BCUT2D eigenvalue weighted by Crippen LogP contribution is 2.33. The number of amides is 1. The average molecular weight is 476 g/mol. The maximum absolute atomic E-state index is 13.8. The van der Waals surface area contributed by atoms with Crippen molar-refractivity contribution in [3.63, 3.8) is 0 Å². The smallest absolute Gasteiger partial charge is 0.270 e. The van der Waals surface area contributed by atoms with Crippen molar-refractivity contribution < 1.29 is 23.1 Å². The Morgan fingerprint density at radius 3 is 2.54 bits per heavy atom. The van der Waals surface area contributed by atoms with Gasteiger partial charge in [0.25, 0.3) is 5.91 Å². The summed E-state index contributed by atoms with van der Waals surface area (Å²) >= 11 is 0. The molecular formula is C27H26FN3O4. The number of hydrogen-bond acceptors (Lipinski definition) is 5. The Bertz CT molecular complexity index is 1400. The number of carbonyl (C=O) groups excluding carboxylic acids is 1. The molecule has 0 atom stereocenters. The topological polar surface area (TPSA) is 60.1 Å². The molecule has 0 aliphatic carbocycles. The van der Waals surface area contributed by atoms with E-state index in [4.69, 9.17) is 13.9 Å². The molecule has 4 aromatic rings. The lowest BCUT2D eigenvalue weighted by Crippen LogP contribution is -2.48. The molecule has 6 rings (SSSR count). The Morgan fingerprint density at radius 1 is 0.914 bits per heavy atom. The fraction of sp³-hybridized carbons (Fsp3) is 0.296. The van der Waals surface area contributed by atoms with E-state index < -0.39 is 0 Å². The summed E-state index contributed by atoms with van der Waals surface area (Å²) in [5.74, 6) is 2.02. The van der Waals surface area contributed by atoms with Crippen LogP contribution in [-0.4, -0.2) is 53.2 Å². The summed E-state index contributed by atoms with van der Waals surface area (Å²) in [6.07, 6.45) is 0. The minimum atomic E-state index is -0.291. The Hall–Kier alpha value is -3.78. The molecule has 0 unspecified atom stereocenters. The Kier molecular flexibility index (Phi) is 5.45. The maximum Gasteiger partial charge on any atom is 0.270 e. The van der Waals surface area contributed by atoms with E-state index in [1.54, 1.807) is 6.07 Å². The van der Waals surface area contributed by atoms with Crippen LogP contribution in [0.15, 0.2) is 59.0 Å². The average Bonchev–Trinajstić information content (AvgIpc) is 3.54. The lowest BCUT2D eigenvalue weighted by atomic mass is 10.1. The molecule has 2 aromatic carbocycles. The van der Waals surface area contributed by atoms with Crippen LogP contribution < -0.4 is 9.47 Å². The van der Waals surface area contributed by atoms with Crippen molar-refractivity contribution in [3.8, 4) is 11.5 Å². The molecule has 0 N–H and O–H groups in total. The second-order valence-corrected chi connectivity index (χ2v) is 9.11. The van der Waals surface area contributed by atoms with Gasteiger partial charge in [-0.15, -0.1) is 0 Å². The minimum Gasteiger partial charge on any atom is -0.460 e. The van der Waals surface area contributed by atoms with Gasteiger partial charge in [0.15, 0.2) is 17.1 Å². The van der Waals surface area contributed by atoms with Gasteiger partial charge in [-0.1, -0.05) is 18.2 Å². The summed E-state index contributed by atoms with van der Waals surface area (Å²) in [4.78, 5) is 17.8. The van der Waals surface area contributed by atoms with Gasteiger partial charge in [0.05, 0.1) is 5.52 Å². The van der Waals surface area contributed by atoms with Crippen LogP contribution in [0.3, 0.4) is 0 Å². The van der Waals surface area contributed by atoms with Gasteiger partial charge >= 0.3 is 0 Å². The fourth-order valence-electron chi connectivity index (χ4n) is 4.90. The molecule has 0 bridgehead atoms. The molecule has 0 saturated carbocycles. The first-order valence-electron chi connectivity index (χ1n) is 11.8. The van der Waals surface area contributed by atoms with Gasteiger partial charge in [-0.3, -0.25) is 9.69 Å². The van der Waals surface area contributed by atoms with Crippen LogP contribution in [0.2, 0.25) is 0 Å². The van der Waals surface area contributed by atoms with Gasteiger partial charge in [0.2, 0.25) is 6.79 Å². The number of fused-ring (bicyclic) bond motifs is 2. The van der Waals surface area contributed by atoms with Gasteiger partial charge in [-0.05, 0) is 42.3 Å². The third-order valence-corrected chi connectivity index (χ3v) is 6.66. The zero-order valence-electron chi connectivity index (χ0n) is 19.5.